The van der Waals surface area contributed by atoms with E-state index in [1.54, 1.807) is 0 Å². The second-order valence-corrected chi connectivity index (χ2v) is 13.3. The van der Waals surface area contributed by atoms with Crippen molar-refractivity contribution in [3.8, 4) is 0 Å². The van der Waals surface area contributed by atoms with Crippen molar-refractivity contribution in [1.82, 2.24) is 13.7 Å². The van der Waals surface area contributed by atoms with Crippen molar-refractivity contribution >= 4 is 11.9 Å². The van der Waals surface area contributed by atoms with Gasteiger partial charge in [0.05, 0.1) is 37.1 Å². The van der Waals surface area contributed by atoms with Gasteiger partial charge < -0.3 is 29.2 Å². The molecule has 0 aromatic carbocycles. The van der Waals surface area contributed by atoms with Crippen LogP contribution in [0.4, 0.5) is 0 Å². The molecular formula is C30H43N3O11. The van der Waals surface area contributed by atoms with Crippen molar-refractivity contribution in [3.05, 3.63) is 31.5 Å². The molecule has 3 aliphatic carbocycles. The van der Waals surface area contributed by atoms with Gasteiger partial charge in [-0.25, -0.2) is 28.1 Å². The lowest BCUT2D eigenvalue weighted by atomic mass is 9.79. The number of aliphatic hydroxyl groups excluding tert-OH is 1. The first-order chi connectivity index (χ1) is 21.0. The molecule has 14 nitrogen and oxygen atoms in total. The van der Waals surface area contributed by atoms with E-state index in [2.05, 4.69) is 0 Å². The highest BCUT2D eigenvalue weighted by Gasteiger charge is 2.67. The Morgan fingerprint density at radius 1 is 0.886 bits per heavy atom. The van der Waals surface area contributed by atoms with Crippen LogP contribution in [0.1, 0.15) is 71.1 Å². The van der Waals surface area contributed by atoms with Crippen LogP contribution in [0.2, 0.25) is 0 Å². The number of hydrogen-bond donors (Lipinski definition) is 2. The van der Waals surface area contributed by atoms with E-state index in [9.17, 15) is 34.2 Å². The molecule has 8 unspecified atom stereocenters. The minimum Gasteiger partial charge on any atom is -0.465 e. The predicted octanol–water partition coefficient (Wildman–Crippen LogP) is -0.0997. The summed E-state index contributed by atoms with van der Waals surface area (Å²) in [6.45, 7) is 2.05. The van der Waals surface area contributed by atoms with Gasteiger partial charge in [-0.05, 0) is 57.3 Å². The minimum atomic E-state index is -1.75. The average molecular weight is 622 g/mol. The number of ether oxygens (including phenoxy) is 4. The summed E-state index contributed by atoms with van der Waals surface area (Å²) in [5.74, 6) is 0.548. The van der Waals surface area contributed by atoms with Crippen LogP contribution in [0.25, 0.3) is 0 Å². The zero-order valence-electron chi connectivity index (χ0n) is 25.1. The third-order valence-corrected chi connectivity index (χ3v) is 10.5. The normalized spacial score (nSPS) is 32.8. The second-order valence-electron chi connectivity index (χ2n) is 13.3. The van der Waals surface area contributed by atoms with Crippen LogP contribution < -0.4 is 17.1 Å². The van der Waals surface area contributed by atoms with Gasteiger partial charge in [0.2, 0.25) is 0 Å². The zero-order valence-corrected chi connectivity index (χ0v) is 25.1. The summed E-state index contributed by atoms with van der Waals surface area (Å²) >= 11 is 0. The highest BCUT2D eigenvalue weighted by Crippen LogP contribution is 2.63. The summed E-state index contributed by atoms with van der Waals surface area (Å²) in [6.07, 6.45) is 3.86. The minimum absolute atomic E-state index is 0.0200. The van der Waals surface area contributed by atoms with Gasteiger partial charge in [0.25, 0.3) is 0 Å². The number of esters is 2. The molecule has 6 fully saturated rings. The van der Waals surface area contributed by atoms with Crippen LogP contribution in [0.5, 0.6) is 0 Å². The quantitative estimate of drug-likeness (QED) is 0.197. The first-order valence-corrected chi connectivity index (χ1v) is 16.0. The van der Waals surface area contributed by atoms with Gasteiger partial charge in [0, 0.05) is 57.2 Å². The van der Waals surface area contributed by atoms with Crippen LogP contribution in [0.3, 0.4) is 0 Å². The van der Waals surface area contributed by atoms with Crippen molar-refractivity contribution in [1.29, 1.82) is 0 Å². The highest BCUT2D eigenvalue weighted by atomic mass is 16.6. The maximum Gasteiger partial charge on any atom is 0.336 e. The van der Waals surface area contributed by atoms with E-state index in [-0.39, 0.29) is 81.4 Å². The third-order valence-electron chi connectivity index (χ3n) is 10.5. The van der Waals surface area contributed by atoms with Gasteiger partial charge in [0.15, 0.2) is 6.29 Å². The standard InChI is InChI=1S/C30H43N3O11/c1-17-22-12-21(43-17)11-19(22)15-41-25(36)4-2-7-31-27(38)32(29(40)33(28(31)39)9-6-24(34)35)8-3-5-26(37)42-16-20-10-18-13-30(20)14-23(18)44-30/h17-24,34-35H,2-16H2,1H3. The molecule has 3 saturated heterocycles. The summed E-state index contributed by atoms with van der Waals surface area (Å²) in [4.78, 5) is 64.2. The van der Waals surface area contributed by atoms with E-state index < -0.39 is 35.3 Å². The van der Waals surface area contributed by atoms with Crippen molar-refractivity contribution in [3.63, 3.8) is 0 Å². The molecule has 0 radical (unpaired) electrons. The summed E-state index contributed by atoms with van der Waals surface area (Å²) in [7, 11) is 0. The fraction of sp³-hybridized carbons (Fsp3) is 0.833. The lowest BCUT2D eigenvalue weighted by Crippen LogP contribution is -2.54. The lowest BCUT2D eigenvalue weighted by Gasteiger charge is -2.47. The Morgan fingerprint density at radius 2 is 1.48 bits per heavy atom. The van der Waals surface area contributed by atoms with Gasteiger partial charge in [0.1, 0.15) is 0 Å². The van der Waals surface area contributed by atoms with E-state index in [4.69, 9.17) is 18.9 Å². The number of nitrogens with zero attached hydrogens (tertiary/aromatic N) is 3. The molecule has 5 bridgehead atoms. The molecule has 14 heteroatoms. The van der Waals surface area contributed by atoms with Crippen LogP contribution in [-0.4, -0.2) is 79.3 Å². The summed E-state index contributed by atoms with van der Waals surface area (Å²) in [5.41, 5.74) is -2.77. The van der Waals surface area contributed by atoms with E-state index >= 15 is 0 Å². The number of carbonyl (C=O) groups excluding carboxylic acids is 2. The molecule has 3 aliphatic heterocycles. The SMILES string of the molecule is CC1OC2CC(COC(=O)CCCn3c(=O)n(CCCC(=O)OCC4CC5CC46CC5O6)c(=O)n(CCC(O)O)c3=O)C1C2. The van der Waals surface area contributed by atoms with Crippen molar-refractivity contribution in [2.75, 3.05) is 13.2 Å². The Bertz CT molecular complexity index is 1420. The molecule has 2 N–H and O–H groups in total. The molecular weight excluding hydrogens is 578 g/mol. The summed E-state index contributed by atoms with van der Waals surface area (Å²) < 4.78 is 25.2. The molecule has 6 aliphatic rings. The molecule has 7 rings (SSSR count). The zero-order chi connectivity index (χ0) is 31.2. The first-order valence-electron chi connectivity index (χ1n) is 16.0. The van der Waals surface area contributed by atoms with Crippen LogP contribution in [0, 0.1) is 23.7 Å². The number of carbonyl (C=O) groups is 2. The fourth-order valence-electron chi connectivity index (χ4n) is 8.26. The van der Waals surface area contributed by atoms with Gasteiger partial charge >= 0.3 is 29.0 Å². The van der Waals surface area contributed by atoms with E-state index in [0.717, 1.165) is 45.8 Å². The molecule has 3 saturated carbocycles. The number of fused-ring (bicyclic) bond motifs is 2. The number of hydrogen-bond acceptors (Lipinski definition) is 11. The van der Waals surface area contributed by atoms with Gasteiger partial charge in [-0.1, -0.05) is 0 Å². The molecule has 244 valence electrons. The largest absolute Gasteiger partial charge is 0.465 e. The number of aromatic nitrogens is 3. The summed E-state index contributed by atoms with van der Waals surface area (Å²) in [6, 6.07) is 0. The summed E-state index contributed by atoms with van der Waals surface area (Å²) in [5, 5.41) is 18.6. The van der Waals surface area contributed by atoms with Gasteiger partial charge in [-0.15, -0.1) is 0 Å². The second kappa shape index (κ2) is 12.5. The molecule has 1 spiro atoms. The molecule has 1 aromatic rings. The molecule has 4 heterocycles. The number of aliphatic hydroxyl groups is 2. The maximum atomic E-state index is 13.2. The van der Waals surface area contributed by atoms with Crippen LogP contribution >= 0.6 is 0 Å². The van der Waals surface area contributed by atoms with Crippen molar-refractivity contribution in [2.45, 2.75) is 121 Å². The fourth-order valence-corrected chi connectivity index (χ4v) is 8.26. The smallest absolute Gasteiger partial charge is 0.336 e. The van der Waals surface area contributed by atoms with Crippen LogP contribution in [0.15, 0.2) is 14.4 Å². The lowest BCUT2D eigenvalue weighted by molar-refractivity contribution is -0.218. The molecule has 1 aromatic heterocycles. The van der Waals surface area contributed by atoms with E-state index in [1.807, 2.05) is 6.92 Å². The molecule has 44 heavy (non-hydrogen) atoms. The molecule has 0 amide bonds. The average Bonchev–Trinajstić information content (AvgIpc) is 3.77. The Labute approximate surface area is 253 Å². The highest BCUT2D eigenvalue weighted by molar-refractivity contribution is 5.69. The Balaban J connectivity index is 1.02. The third kappa shape index (κ3) is 6.05. The van der Waals surface area contributed by atoms with E-state index in [0.29, 0.717) is 31.2 Å². The predicted molar refractivity (Wildman–Crippen MR) is 151 cm³/mol. The van der Waals surface area contributed by atoms with Crippen molar-refractivity contribution in [2.24, 2.45) is 23.7 Å². The van der Waals surface area contributed by atoms with Crippen LogP contribution in [-0.2, 0) is 48.2 Å². The van der Waals surface area contributed by atoms with Crippen molar-refractivity contribution < 1.29 is 38.7 Å². The maximum absolute atomic E-state index is 13.2. The molecule has 8 atom stereocenters. The topological polar surface area (TPSA) is 178 Å². The van der Waals surface area contributed by atoms with Gasteiger partial charge in [-0.2, -0.15) is 0 Å². The van der Waals surface area contributed by atoms with Gasteiger partial charge in [-0.3, -0.25) is 9.59 Å². The monoisotopic (exact) mass is 621 g/mol. The first kappa shape index (κ1) is 31.2. The Hall–Kier alpha value is -2.81. The Kier molecular flexibility index (Phi) is 8.88. The Morgan fingerprint density at radius 3 is 1.98 bits per heavy atom. The number of rotatable bonds is 15. The van der Waals surface area contributed by atoms with E-state index in [1.165, 1.54) is 0 Å².